The molecule has 0 amide bonds. The molecule has 2 fully saturated rings. The van der Waals surface area contributed by atoms with E-state index >= 15 is 0 Å². The highest BCUT2D eigenvalue weighted by Crippen LogP contribution is 2.23. The van der Waals surface area contributed by atoms with Gasteiger partial charge in [0, 0.05) is 32.1 Å². The van der Waals surface area contributed by atoms with Gasteiger partial charge in [-0.05, 0) is 13.8 Å². The summed E-state index contributed by atoms with van der Waals surface area (Å²) in [4.78, 5) is 0. The Kier molecular flexibility index (Phi) is 12.1. The summed E-state index contributed by atoms with van der Waals surface area (Å²) in [7, 11) is -12.0. The fourth-order valence-corrected chi connectivity index (χ4v) is 4.30. The van der Waals surface area contributed by atoms with Crippen molar-refractivity contribution in [1.82, 2.24) is 0 Å². The number of quaternary nitrogens is 2. The Bertz CT molecular complexity index is 416. The van der Waals surface area contributed by atoms with Gasteiger partial charge in [0.15, 0.2) is 0 Å². The zero-order valence-corrected chi connectivity index (χ0v) is 17.3. The van der Waals surface area contributed by atoms with Gasteiger partial charge in [0.1, 0.15) is 12.6 Å². The SMILES string of the molecule is CC[N+]1(CCC(O)C[N+]2(CC)CCCC2)CCCC1.F[B-](F)(F)F.F[B-](F)(F)F. The van der Waals surface area contributed by atoms with Gasteiger partial charge in [-0.1, -0.05) is 0 Å². The van der Waals surface area contributed by atoms with Crippen LogP contribution in [0, 0.1) is 0 Å². The van der Waals surface area contributed by atoms with Crippen molar-refractivity contribution in [1.29, 1.82) is 0 Å². The van der Waals surface area contributed by atoms with Gasteiger partial charge in [-0.2, -0.15) is 0 Å². The summed E-state index contributed by atoms with van der Waals surface area (Å²) in [6.07, 6.45) is 6.41. The van der Waals surface area contributed by atoms with Gasteiger partial charge in [-0.15, -0.1) is 0 Å². The Morgan fingerprint density at radius 1 is 0.690 bits per heavy atom. The van der Waals surface area contributed by atoms with Gasteiger partial charge >= 0.3 is 14.5 Å². The normalized spacial score (nSPS) is 21.6. The molecule has 0 aliphatic carbocycles. The Labute approximate surface area is 168 Å². The average molecular weight is 444 g/mol. The minimum atomic E-state index is -6.00. The van der Waals surface area contributed by atoms with Gasteiger partial charge in [0.05, 0.1) is 45.8 Å². The van der Waals surface area contributed by atoms with Crippen LogP contribution in [0.3, 0.4) is 0 Å². The third-order valence-corrected chi connectivity index (χ3v) is 5.91. The van der Waals surface area contributed by atoms with Crippen LogP contribution in [0.25, 0.3) is 0 Å². The third kappa shape index (κ3) is 15.0. The summed E-state index contributed by atoms with van der Waals surface area (Å²) in [5.74, 6) is 0. The summed E-state index contributed by atoms with van der Waals surface area (Å²) < 4.78 is 80.4. The van der Waals surface area contributed by atoms with E-state index in [1.165, 1.54) is 80.5 Å². The van der Waals surface area contributed by atoms with Crippen LogP contribution in [0.5, 0.6) is 0 Å². The van der Waals surface area contributed by atoms with Crippen molar-refractivity contribution in [3.8, 4) is 0 Å². The third-order valence-electron chi connectivity index (χ3n) is 5.91. The molecule has 1 atom stereocenters. The smallest absolute Gasteiger partial charge is 0.418 e. The van der Waals surface area contributed by atoms with Crippen LogP contribution < -0.4 is 0 Å². The lowest BCUT2D eigenvalue weighted by atomic mass is 10.2. The molecule has 0 spiro atoms. The number of nitrogens with zero attached hydrogens (tertiary/aromatic N) is 2. The van der Waals surface area contributed by atoms with Gasteiger partial charge < -0.3 is 48.6 Å². The lowest BCUT2D eigenvalue weighted by molar-refractivity contribution is -0.923. The monoisotopic (exact) mass is 444 g/mol. The van der Waals surface area contributed by atoms with E-state index in [-0.39, 0.29) is 6.10 Å². The van der Waals surface area contributed by atoms with Crippen LogP contribution in [-0.2, 0) is 0 Å². The van der Waals surface area contributed by atoms with E-state index in [0.717, 1.165) is 13.0 Å². The van der Waals surface area contributed by atoms with Gasteiger partial charge in [-0.25, -0.2) is 0 Å². The summed E-state index contributed by atoms with van der Waals surface area (Å²) in [5, 5.41) is 10.5. The maximum absolute atomic E-state index is 10.5. The van der Waals surface area contributed by atoms with E-state index in [2.05, 4.69) is 13.8 Å². The highest BCUT2D eigenvalue weighted by molar-refractivity contribution is 6.50. The summed E-state index contributed by atoms with van der Waals surface area (Å²) in [5.41, 5.74) is 0. The predicted octanol–water partition coefficient (Wildman–Crippen LogP) is 4.60. The molecule has 29 heavy (non-hydrogen) atoms. The van der Waals surface area contributed by atoms with Crippen molar-refractivity contribution in [2.75, 3.05) is 52.4 Å². The molecule has 2 rings (SSSR count). The molecule has 0 radical (unpaired) electrons. The molecular weight excluding hydrogens is 410 g/mol. The molecule has 0 aromatic heterocycles. The van der Waals surface area contributed by atoms with Gasteiger partial charge in [0.2, 0.25) is 0 Å². The second kappa shape index (κ2) is 12.3. The molecule has 1 unspecified atom stereocenters. The molecule has 0 aromatic rings. The first-order chi connectivity index (χ1) is 13.1. The zero-order valence-electron chi connectivity index (χ0n) is 17.3. The molecular formula is C16H34B2F8N2O. The van der Waals surface area contributed by atoms with Crippen molar-refractivity contribution < 1.29 is 48.6 Å². The number of aliphatic hydroxyl groups is 1. The van der Waals surface area contributed by atoms with Crippen LogP contribution in [0.15, 0.2) is 0 Å². The second-order valence-corrected chi connectivity index (χ2v) is 7.96. The molecule has 176 valence electrons. The average Bonchev–Trinajstić information content (AvgIpc) is 3.20. The minimum Gasteiger partial charge on any atom is -0.418 e. The standard InChI is InChI=1S/C16H34N2O.2BF4/c1-3-17(10-5-6-11-17)14-9-16(19)15-18(4-2)12-7-8-13-18;2*2-1(3,4)5/h16,19H,3-15H2,1-2H3;;/q+2;2*-1. The van der Waals surface area contributed by atoms with Crippen molar-refractivity contribution >= 4 is 14.5 Å². The number of likely N-dealkylation sites (tertiary alicyclic amines) is 2. The Balaban J connectivity index is 0.000000653. The first-order valence-electron chi connectivity index (χ1n) is 10.3. The first kappa shape index (κ1) is 28.4. The Hall–Kier alpha value is -0.550. The van der Waals surface area contributed by atoms with Crippen molar-refractivity contribution in [3.63, 3.8) is 0 Å². The molecule has 0 aromatic carbocycles. The zero-order chi connectivity index (χ0) is 22.8. The minimum absolute atomic E-state index is 0.0831. The molecule has 0 bridgehead atoms. The van der Waals surface area contributed by atoms with Gasteiger partial charge in [-0.3, -0.25) is 0 Å². The Morgan fingerprint density at radius 2 is 1.00 bits per heavy atom. The number of aliphatic hydroxyl groups excluding tert-OH is 1. The van der Waals surface area contributed by atoms with E-state index in [1.807, 2.05) is 0 Å². The topological polar surface area (TPSA) is 20.2 Å². The summed E-state index contributed by atoms with van der Waals surface area (Å²) in [6.45, 7) is 14.5. The maximum atomic E-state index is 10.5. The Morgan fingerprint density at radius 3 is 1.31 bits per heavy atom. The quantitative estimate of drug-likeness (QED) is 0.346. The fraction of sp³-hybridized carbons (Fsp3) is 1.00. The molecule has 2 aliphatic rings. The molecule has 1 N–H and O–H groups in total. The van der Waals surface area contributed by atoms with Crippen molar-refractivity contribution in [2.45, 2.75) is 52.1 Å². The van der Waals surface area contributed by atoms with Crippen molar-refractivity contribution in [2.24, 2.45) is 0 Å². The van der Waals surface area contributed by atoms with E-state index in [1.54, 1.807) is 0 Å². The molecule has 13 heteroatoms. The first-order valence-corrected chi connectivity index (χ1v) is 10.3. The maximum Gasteiger partial charge on any atom is 0.673 e. The predicted molar refractivity (Wildman–Crippen MR) is 100 cm³/mol. The number of hydrogen-bond donors (Lipinski definition) is 1. The molecule has 0 saturated carbocycles. The summed E-state index contributed by atoms with van der Waals surface area (Å²) >= 11 is 0. The molecule has 2 heterocycles. The number of likely N-dealkylation sites (N-methyl/N-ethyl adjacent to an activating group) is 1. The van der Waals surface area contributed by atoms with E-state index in [4.69, 9.17) is 0 Å². The van der Waals surface area contributed by atoms with Crippen LogP contribution >= 0.6 is 0 Å². The largest absolute Gasteiger partial charge is 0.673 e. The lowest BCUT2D eigenvalue weighted by Crippen LogP contribution is -2.52. The number of halogens is 8. The summed E-state index contributed by atoms with van der Waals surface area (Å²) in [6, 6.07) is 0. The fourth-order valence-electron chi connectivity index (χ4n) is 4.30. The number of hydrogen-bond acceptors (Lipinski definition) is 1. The van der Waals surface area contributed by atoms with Crippen LogP contribution in [0.4, 0.5) is 34.5 Å². The van der Waals surface area contributed by atoms with Crippen LogP contribution in [-0.4, -0.2) is 87.0 Å². The van der Waals surface area contributed by atoms with E-state index < -0.39 is 14.5 Å². The number of rotatable bonds is 7. The molecule has 3 nitrogen and oxygen atoms in total. The van der Waals surface area contributed by atoms with Gasteiger partial charge in [0.25, 0.3) is 0 Å². The highest BCUT2D eigenvalue weighted by atomic mass is 19.5. The van der Waals surface area contributed by atoms with E-state index in [9.17, 15) is 39.6 Å². The lowest BCUT2D eigenvalue weighted by Gasteiger charge is -2.37. The molecule has 2 saturated heterocycles. The van der Waals surface area contributed by atoms with Crippen molar-refractivity contribution in [3.05, 3.63) is 0 Å². The highest BCUT2D eigenvalue weighted by Gasteiger charge is 2.35. The van der Waals surface area contributed by atoms with E-state index in [0.29, 0.717) is 0 Å². The van der Waals surface area contributed by atoms with Crippen LogP contribution in [0.1, 0.15) is 46.0 Å². The second-order valence-electron chi connectivity index (χ2n) is 7.96. The molecule has 2 aliphatic heterocycles. The van der Waals surface area contributed by atoms with Crippen LogP contribution in [0.2, 0.25) is 0 Å².